The normalized spacial score (nSPS) is 22.4. The quantitative estimate of drug-likeness (QED) is 0.775. The minimum Gasteiger partial charge on any atom is -0.384 e. The van der Waals surface area contributed by atoms with Crippen LogP contribution in [0.25, 0.3) is 0 Å². The summed E-state index contributed by atoms with van der Waals surface area (Å²) in [7, 11) is -6.92. The highest BCUT2D eigenvalue weighted by Gasteiger charge is 2.32. The molecule has 0 saturated carbocycles. The number of aromatic nitrogens is 1. The van der Waals surface area contributed by atoms with Gasteiger partial charge in [0, 0.05) is 18.8 Å². The molecule has 0 amide bonds. The van der Waals surface area contributed by atoms with Gasteiger partial charge >= 0.3 is 0 Å². The summed E-state index contributed by atoms with van der Waals surface area (Å²) in [6.45, 7) is -0.104. The summed E-state index contributed by atoms with van der Waals surface area (Å²) in [6.07, 6.45) is 2.36. The number of sulfone groups is 1. The van der Waals surface area contributed by atoms with Crippen molar-refractivity contribution < 1.29 is 16.8 Å². The van der Waals surface area contributed by atoms with Crippen LogP contribution in [0.2, 0.25) is 0 Å². The first-order valence-electron chi connectivity index (χ1n) is 5.74. The van der Waals surface area contributed by atoms with Crippen molar-refractivity contribution in [2.24, 2.45) is 0 Å². The van der Waals surface area contributed by atoms with E-state index < -0.39 is 25.1 Å². The fourth-order valence-electron chi connectivity index (χ4n) is 1.97. The molecule has 9 heteroatoms. The van der Waals surface area contributed by atoms with Gasteiger partial charge in [-0.05, 0) is 18.9 Å². The SMILES string of the molecule is Nc1cc(S(=O)(=O)NCC2CCCS2(=O)=O)ccn1. The Morgan fingerprint density at radius 3 is 2.79 bits per heavy atom. The third kappa shape index (κ3) is 3.23. The molecule has 1 aliphatic heterocycles. The number of sulfonamides is 1. The molecule has 1 saturated heterocycles. The van der Waals surface area contributed by atoms with Crippen LogP contribution in [0.3, 0.4) is 0 Å². The second-order valence-corrected chi connectivity index (χ2v) is 8.57. The summed E-state index contributed by atoms with van der Waals surface area (Å²) in [5, 5.41) is -0.638. The van der Waals surface area contributed by atoms with Gasteiger partial charge in [0.15, 0.2) is 9.84 Å². The summed E-state index contributed by atoms with van der Waals surface area (Å²) in [5.41, 5.74) is 5.42. The van der Waals surface area contributed by atoms with Crippen LogP contribution in [0.5, 0.6) is 0 Å². The lowest BCUT2D eigenvalue weighted by atomic mass is 10.2. The summed E-state index contributed by atoms with van der Waals surface area (Å²) < 4.78 is 49.4. The molecule has 2 rings (SSSR count). The molecule has 0 radical (unpaired) electrons. The highest BCUT2D eigenvalue weighted by Crippen LogP contribution is 2.20. The van der Waals surface area contributed by atoms with Crippen LogP contribution in [0.15, 0.2) is 23.2 Å². The van der Waals surface area contributed by atoms with E-state index in [1.165, 1.54) is 18.3 Å². The molecule has 1 aromatic rings. The molecule has 2 heterocycles. The fourth-order valence-corrected chi connectivity index (χ4v) is 4.94. The highest BCUT2D eigenvalue weighted by atomic mass is 32.2. The van der Waals surface area contributed by atoms with E-state index in [9.17, 15) is 16.8 Å². The Kier molecular flexibility index (Phi) is 3.79. The van der Waals surface area contributed by atoms with Crippen molar-refractivity contribution in [3.63, 3.8) is 0 Å². The summed E-state index contributed by atoms with van der Waals surface area (Å²) in [5.74, 6) is 0.220. The number of nitrogens with zero attached hydrogens (tertiary/aromatic N) is 1. The van der Waals surface area contributed by atoms with Crippen molar-refractivity contribution in [2.45, 2.75) is 23.0 Å². The van der Waals surface area contributed by atoms with Gasteiger partial charge in [-0.2, -0.15) is 0 Å². The van der Waals surface area contributed by atoms with Gasteiger partial charge in [0.25, 0.3) is 0 Å². The van der Waals surface area contributed by atoms with Gasteiger partial charge in [-0.15, -0.1) is 0 Å². The number of nitrogens with two attached hydrogens (primary N) is 1. The third-order valence-electron chi connectivity index (χ3n) is 3.03. The van der Waals surface area contributed by atoms with Crippen molar-refractivity contribution >= 4 is 25.7 Å². The number of pyridine rings is 1. The fraction of sp³-hybridized carbons (Fsp3) is 0.500. The maximum atomic E-state index is 12.0. The molecule has 0 aromatic carbocycles. The van der Waals surface area contributed by atoms with Gasteiger partial charge in [-0.25, -0.2) is 26.5 Å². The van der Waals surface area contributed by atoms with Gasteiger partial charge in [0.2, 0.25) is 10.0 Å². The molecule has 1 fully saturated rings. The molecule has 0 bridgehead atoms. The zero-order chi connectivity index (χ0) is 14.1. The molecule has 1 aromatic heterocycles. The van der Waals surface area contributed by atoms with Crippen LogP contribution >= 0.6 is 0 Å². The molecular formula is C10H15N3O4S2. The second kappa shape index (κ2) is 5.06. The van der Waals surface area contributed by atoms with Crippen LogP contribution in [0.1, 0.15) is 12.8 Å². The van der Waals surface area contributed by atoms with Gasteiger partial charge in [-0.1, -0.05) is 0 Å². The highest BCUT2D eigenvalue weighted by molar-refractivity contribution is 7.92. The van der Waals surface area contributed by atoms with Crippen molar-refractivity contribution in [1.29, 1.82) is 0 Å². The van der Waals surface area contributed by atoms with Crippen LogP contribution < -0.4 is 10.5 Å². The smallest absolute Gasteiger partial charge is 0.240 e. The summed E-state index contributed by atoms with van der Waals surface area (Å²) >= 11 is 0. The Bertz CT molecular complexity index is 670. The third-order valence-corrected chi connectivity index (χ3v) is 6.72. The predicted molar refractivity (Wildman–Crippen MR) is 70.6 cm³/mol. The van der Waals surface area contributed by atoms with Crippen LogP contribution in [0.4, 0.5) is 5.82 Å². The number of anilines is 1. The van der Waals surface area contributed by atoms with Crippen molar-refractivity contribution in [2.75, 3.05) is 18.0 Å². The van der Waals surface area contributed by atoms with E-state index in [0.717, 1.165) is 0 Å². The van der Waals surface area contributed by atoms with Crippen molar-refractivity contribution in [3.8, 4) is 0 Å². The Labute approximate surface area is 112 Å². The van der Waals surface area contributed by atoms with E-state index in [-0.39, 0.29) is 23.0 Å². The van der Waals surface area contributed by atoms with E-state index in [2.05, 4.69) is 9.71 Å². The monoisotopic (exact) mass is 305 g/mol. The number of nitrogen functional groups attached to an aromatic ring is 1. The lowest BCUT2D eigenvalue weighted by molar-refractivity contribution is 0.571. The first kappa shape index (κ1) is 14.2. The van der Waals surface area contributed by atoms with E-state index in [1.807, 2.05) is 0 Å². The maximum Gasteiger partial charge on any atom is 0.240 e. The van der Waals surface area contributed by atoms with Crippen molar-refractivity contribution in [1.82, 2.24) is 9.71 Å². The molecule has 3 N–H and O–H groups in total. The first-order chi connectivity index (χ1) is 8.81. The summed E-state index contributed by atoms with van der Waals surface area (Å²) in [4.78, 5) is 3.69. The molecule has 1 unspecified atom stereocenters. The van der Waals surface area contributed by atoms with Crippen LogP contribution in [0, 0.1) is 0 Å². The lowest BCUT2D eigenvalue weighted by Crippen LogP contribution is -2.34. The Balaban J connectivity index is 2.11. The number of rotatable bonds is 4. The average Bonchev–Trinajstić information content (AvgIpc) is 2.66. The molecule has 1 atom stereocenters. The lowest BCUT2D eigenvalue weighted by Gasteiger charge is -2.11. The van der Waals surface area contributed by atoms with Gasteiger partial charge in [0.1, 0.15) is 5.82 Å². The number of hydrogen-bond acceptors (Lipinski definition) is 6. The maximum absolute atomic E-state index is 12.0. The standard InChI is InChI=1S/C10H15N3O4S2/c11-10-6-8(3-4-12-10)19(16,17)13-7-9-2-1-5-18(9,14)15/h3-4,6,9,13H,1-2,5,7H2,(H2,11,12). The second-order valence-electron chi connectivity index (χ2n) is 4.40. The minimum absolute atomic E-state index is 0.0182. The van der Waals surface area contributed by atoms with Gasteiger partial charge in [0.05, 0.1) is 15.9 Å². The Morgan fingerprint density at radius 1 is 1.47 bits per heavy atom. The zero-order valence-corrected chi connectivity index (χ0v) is 11.7. The number of hydrogen-bond donors (Lipinski definition) is 2. The minimum atomic E-state index is -3.75. The topological polar surface area (TPSA) is 119 Å². The van der Waals surface area contributed by atoms with E-state index in [0.29, 0.717) is 12.8 Å². The van der Waals surface area contributed by atoms with Gasteiger partial charge in [-0.3, -0.25) is 0 Å². The Morgan fingerprint density at radius 2 is 2.21 bits per heavy atom. The summed E-state index contributed by atoms with van der Waals surface area (Å²) in [6, 6.07) is 2.54. The molecule has 106 valence electrons. The van der Waals surface area contributed by atoms with Crippen molar-refractivity contribution in [3.05, 3.63) is 18.3 Å². The zero-order valence-electron chi connectivity index (χ0n) is 10.1. The molecule has 19 heavy (non-hydrogen) atoms. The first-order valence-corrected chi connectivity index (χ1v) is 8.94. The molecule has 0 spiro atoms. The Hall–Kier alpha value is -1.19. The van der Waals surface area contributed by atoms with E-state index in [4.69, 9.17) is 5.73 Å². The van der Waals surface area contributed by atoms with Crippen LogP contribution in [-0.4, -0.2) is 39.4 Å². The molecule has 1 aliphatic rings. The van der Waals surface area contributed by atoms with E-state index in [1.54, 1.807) is 0 Å². The molecule has 7 nitrogen and oxygen atoms in total. The van der Waals surface area contributed by atoms with E-state index >= 15 is 0 Å². The molecule has 0 aliphatic carbocycles. The number of nitrogens with one attached hydrogen (secondary N) is 1. The average molecular weight is 305 g/mol. The van der Waals surface area contributed by atoms with Crippen LogP contribution in [-0.2, 0) is 19.9 Å². The molecular weight excluding hydrogens is 290 g/mol. The predicted octanol–water partition coefficient (Wildman–Crippen LogP) is -0.481. The van der Waals surface area contributed by atoms with Gasteiger partial charge < -0.3 is 5.73 Å². The largest absolute Gasteiger partial charge is 0.384 e.